The molecule has 3 heteroatoms. The Bertz CT molecular complexity index is 234. The van der Waals surface area contributed by atoms with Crippen LogP contribution in [0.3, 0.4) is 0 Å². The van der Waals surface area contributed by atoms with Gasteiger partial charge in [-0.2, -0.15) is 0 Å². The molecule has 1 N–H and O–H groups in total. The van der Waals surface area contributed by atoms with Crippen molar-refractivity contribution in [3.05, 3.63) is 0 Å². The van der Waals surface area contributed by atoms with Crippen LogP contribution in [-0.2, 0) is 4.79 Å². The van der Waals surface area contributed by atoms with E-state index >= 15 is 0 Å². The molecule has 1 saturated heterocycles. The van der Waals surface area contributed by atoms with Crippen molar-refractivity contribution < 1.29 is 4.79 Å². The van der Waals surface area contributed by atoms with E-state index in [1.165, 1.54) is 12.8 Å². The highest BCUT2D eigenvalue weighted by molar-refractivity contribution is 5.80. The highest BCUT2D eigenvalue weighted by Crippen LogP contribution is 2.30. The first kappa shape index (κ1) is 10.9. The summed E-state index contributed by atoms with van der Waals surface area (Å²) in [5.41, 5.74) is 0. The first-order valence-electron chi connectivity index (χ1n) is 6.30. The fourth-order valence-corrected chi connectivity index (χ4v) is 2.44. The van der Waals surface area contributed by atoms with Gasteiger partial charge in [0.25, 0.3) is 0 Å². The molecule has 1 unspecified atom stereocenters. The summed E-state index contributed by atoms with van der Waals surface area (Å²) in [6.45, 7) is 5.35. The topological polar surface area (TPSA) is 32.3 Å². The van der Waals surface area contributed by atoms with Gasteiger partial charge in [0, 0.05) is 31.1 Å². The van der Waals surface area contributed by atoms with Gasteiger partial charge < -0.3 is 10.2 Å². The van der Waals surface area contributed by atoms with Crippen molar-refractivity contribution >= 4 is 5.91 Å². The van der Waals surface area contributed by atoms with E-state index in [9.17, 15) is 4.79 Å². The Balaban J connectivity index is 1.82. The maximum Gasteiger partial charge on any atom is 0.224 e. The van der Waals surface area contributed by atoms with Crippen molar-refractivity contribution in [2.45, 2.75) is 64.1 Å². The van der Waals surface area contributed by atoms with Crippen molar-refractivity contribution in [2.75, 3.05) is 6.54 Å². The first-order valence-corrected chi connectivity index (χ1v) is 6.30. The molecular weight excluding hydrogens is 188 g/mol. The molecule has 2 aliphatic rings. The van der Waals surface area contributed by atoms with E-state index in [0.29, 0.717) is 30.5 Å². The summed E-state index contributed by atoms with van der Waals surface area (Å²) in [5.74, 6) is 0.362. The summed E-state index contributed by atoms with van der Waals surface area (Å²) in [5, 5.41) is 3.60. The summed E-state index contributed by atoms with van der Waals surface area (Å²) in [6.07, 6.45) is 5.48. The van der Waals surface area contributed by atoms with E-state index in [1.807, 2.05) is 0 Å². The minimum atomic E-state index is 0.362. The number of rotatable bonds is 5. The van der Waals surface area contributed by atoms with Gasteiger partial charge in [-0.25, -0.2) is 0 Å². The molecule has 1 amide bonds. The third-order valence-corrected chi connectivity index (χ3v) is 3.60. The van der Waals surface area contributed by atoms with E-state index in [0.717, 1.165) is 19.4 Å². The predicted molar refractivity (Wildman–Crippen MR) is 60.6 cm³/mol. The Morgan fingerprint density at radius 1 is 1.40 bits per heavy atom. The minimum Gasteiger partial charge on any atom is -0.338 e. The van der Waals surface area contributed by atoms with Crippen LogP contribution in [0.4, 0.5) is 0 Å². The number of hydrogen-bond acceptors (Lipinski definition) is 2. The Labute approximate surface area is 92.2 Å². The molecule has 1 aliphatic heterocycles. The van der Waals surface area contributed by atoms with Gasteiger partial charge in [0.2, 0.25) is 5.91 Å². The number of carbonyl (C=O) groups is 1. The molecule has 1 atom stereocenters. The highest BCUT2D eigenvalue weighted by Gasteiger charge is 2.39. The SMILES string of the molecule is CCC(CC)NC1CC(=O)N(C2CC2)C1. The Morgan fingerprint density at radius 3 is 2.60 bits per heavy atom. The number of amides is 1. The quantitative estimate of drug-likeness (QED) is 0.746. The zero-order valence-electron chi connectivity index (χ0n) is 9.83. The van der Waals surface area contributed by atoms with Crippen LogP contribution < -0.4 is 5.32 Å². The molecule has 2 fully saturated rings. The normalized spacial score (nSPS) is 26.7. The summed E-state index contributed by atoms with van der Waals surface area (Å²) in [6, 6.07) is 1.58. The van der Waals surface area contributed by atoms with Crippen LogP contribution >= 0.6 is 0 Å². The number of nitrogens with zero attached hydrogens (tertiary/aromatic N) is 1. The Hall–Kier alpha value is -0.570. The van der Waals surface area contributed by atoms with Crippen molar-refractivity contribution in [1.29, 1.82) is 0 Å². The molecule has 86 valence electrons. The van der Waals surface area contributed by atoms with Crippen LogP contribution in [0.5, 0.6) is 0 Å². The lowest BCUT2D eigenvalue weighted by molar-refractivity contribution is -0.128. The van der Waals surface area contributed by atoms with E-state index in [4.69, 9.17) is 0 Å². The van der Waals surface area contributed by atoms with Crippen LogP contribution in [0.1, 0.15) is 46.0 Å². The van der Waals surface area contributed by atoms with Crippen LogP contribution in [0.15, 0.2) is 0 Å². The lowest BCUT2D eigenvalue weighted by atomic mass is 10.1. The van der Waals surface area contributed by atoms with Gasteiger partial charge in [0.1, 0.15) is 0 Å². The van der Waals surface area contributed by atoms with Gasteiger partial charge in [-0.15, -0.1) is 0 Å². The van der Waals surface area contributed by atoms with E-state index in [2.05, 4.69) is 24.1 Å². The number of hydrogen-bond donors (Lipinski definition) is 1. The average Bonchev–Trinajstić information content (AvgIpc) is 3.00. The molecule has 3 nitrogen and oxygen atoms in total. The van der Waals surface area contributed by atoms with Gasteiger partial charge in [-0.3, -0.25) is 4.79 Å². The van der Waals surface area contributed by atoms with E-state index in [-0.39, 0.29) is 0 Å². The first-order chi connectivity index (χ1) is 7.24. The van der Waals surface area contributed by atoms with Gasteiger partial charge in [0.05, 0.1) is 0 Å². The molecule has 1 aliphatic carbocycles. The Kier molecular flexibility index (Phi) is 3.29. The van der Waals surface area contributed by atoms with Gasteiger partial charge in [-0.1, -0.05) is 13.8 Å². The van der Waals surface area contributed by atoms with Gasteiger partial charge in [-0.05, 0) is 25.7 Å². The molecular formula is C12H22N2O. The zero-order chi connectivity index (χ0) is 10.8. The van der Waals surface area contributed by atoms with Crippen LogP contribution in [0.25, 0.3) is 0 Å². The smallest absolute Gasteiger partial charge is 0.224 e. The molecule has 15 heavy (non-hydrogen) atoms. The third-order valence-electron chi connectivity index (χ3n) is 3.60. The molecule has 0 aromatic carbocycles. The highest BCUT2D eigenvalue weighted by atomic mass is 16.2. The maximum atomic E-state index is 11.7. The molecule has 0 spiro atoms. The molecule has 0 aromatic heterocycles. The maximum absolute atomic E-state index is 11.7. The van der Waals surface area contributed by atoms with Crippen LogP contribution in [-0.4, -0.2) is 35.5 Å². The van der Waals surface area contributed by atoms with Gasteiger partial charge >= 0.3 is 0 Å². The van der Waals surface area contributed by atoms with Crippen molar-refractivity contribution in [3.63, 3.8) is 0 Å². The molecule has 1 heterocycles. The van der Waals surface area contributed by atoms with Crippen LogP contribution in [0, 0.1) is 0 Å². The van der Waals surface area contributed by atoms with Gasteiger partial charge in [0.15, 0.2) is 0 Å². The Morgan fingerprint density at radius 2 is 2.07 bits per heavy atom. The monoisotopic (exact) mass is 210 g/mol. The number of nitrogens with one attached hydrogen (secondary N) is 1. The number of likely N-dealkylation sites (tertiary alicyclic amines) is 1. The summed E-state index contributed by atoms with van der Waals surface area (Å²) in [4.78, 5) is 13.8. The predicted octanol–water partition coefficient (Wildman–Crippen LogP) is 1.53. The van der Waals surface area contributed by atoms with Crippen molar-refractivity contribution in [1.82, 2.24) is 10.2 Å². The molecule has 0 aromatic rings. The summed E-state index contributed by atoms with van der Waals surface area (Å²) in [7, 11) is 0. The summed E-state index contributed by atoms with van der Waals surface area (Å²) < 4.78 is 0. The second-order valence-electron chi connectivity index (χ2n) is 4.86. The molecule has 1 saturated carbocycles. The lowest BCUT2D eigenvalue weighted by Gasteiger charge is -2.20. The molecule has 2 rings (SSSR count). The minimum absolute atomic E-state index is 0.362. The second kappa shape index (κ2) is 4.52. The fraction of sp³-hybridized carbons (Fsp3) is 0.917. The fourth-order valence-electron chi connectivity index (χ4n) is 2.44. The third kappa shape index (κ3) is 2.51. The lowest BCUT2D eigenvalue weighted by Crippen LogP contribution is -2.39. The standard InChI is InChI=1S/C12H22N2O/c1-3-9(4-2)13-10-7-12(15)14(8-10)11-5-6-11/h9-11,13H,3-8H2,1-2H3. The van der Waals surface area contributed by atoms with Crippen molar-refractivity contribution in [2.24, 2.45) is 0 Å². The summed E-state index contributed by atoms with van der Waals surface area (Å²) >= 11 is 0. The largest absolute Gasteiger partial charge is 0.338 e. The van der Waals surface area contributed by atoms with Crippen molar-refractivity contribution in [3.8, 4) is 0 Å². The van der Waals surface area contributed by atoms with Crippen LogP contribution in [0.2, 0.25) is 0 Å². The second-order valence-corrected chi connectivity index (χ2v) is 4.86. The molecule has 0 radical (unpaired) electrons. The molecule has 0 bridgehead atoms. The zero-order valence-corrected chi connectivity index (χ0v) is 9.83. The average molecular weight is 210 g/mol. The van der Waals surface area contributed by atoms with E-state index < -0.39 is 0 Å². The van der Waals surface area contributed by atoms with E-state index in [1.54, 1.807) is 0 Å². The number of carbonyl (C=O) groups excluding carboxylic acids is 1.